The number of nitrogens with zero attached hydrogens (tertiary/aromatic N) is 2. The Morgan fingerprint density at radius 3 is 2.62 bits per heavy atom. The molecule has 10 heteroatoms. The highest BCUT2D eigenvalue weighted by Crippen LogP contribution is 2.25. The molecule has 0 saturated heterocycles. The fourth-order valence-electron chi connectivity index (χ4n) is 3.01. The predicted octanol–water partition coefficient (Wildman–Crippen LogP) is 4.22. The van der Waals surface area contributed by atoms with Crippen LogP contribution in [-0.4, -0.2) is 30.2 Å². The van der Waals surface area contributed by atoms with Gasteiger partial charge in [-0.2, -0.15) is 4.98 Å². The van der Waals surface area contributed by atoms with Crippen LogP contribution in [0.25, 0.3) is 11.4 Å². The maximum Gasteiger partial charge on any atom is 0.232 e. The van der Waals surface area contributed by atoms with Gasteiger partial charge in [0.1, 0.15) is 5.82 Å². The van der Waals surface area contributed by atoms with E-state index >= 15 is 0 Å². The zero-order valence-corrected chi connectivity index (χ0v) is 18.9. The normalized spacial score (nSPS) is 11.4. The van der Waals surface area contributed by atoms with Gasteiger partial charge >= 0.3 is 0 Å². The van der Waals surface area contributed by atoms with Crippen molar-refractivity contribution in [3.8, 4) is 11.4 Å². The number of aromatic nitrogens is 2. The minimum atomic E-state index is -3.44. The Hall–Kier alpha value is -3.27. The Kier molecular flexibility index (Phi) is 7.24. The van der Waals surface area contributed by atoms with Crippen LogP contribution in [0.3, 0.4) is 0 Å². The Morgan fingerprint density at radius 1 is 1.16 bits per heavy atom. The van der Waals surface area contributed by atoms with Gasteiger partial charge in [-0.15, -0.1) is 0 Å². The number of aryl methyl sites for hydroxylation is 2. The number of hydrogen-bond donors (Lipinski definition) is 2. The number of carbonyl (C=O) groups excluding carboxylic acids is 1. The first-order valence-electron chi connectivity index (χ1n) is 10.2. The van der Waals surface area contributed by atoms with Crippen LogP contribution in [0.4, 0.5) is 15.8 Å². The molecule has 0 bridgehead atoms. The molecule has 0 aliphatic heterocycles. The third-order valence-corrected chi connectivity index (χ3v) is 6.29. The molecule has 0 fully saturated rings. The molecule has 3 aromatic rings. The molecule has 2 aromatic carbocycles. The average molecular weight is 461 g/mol. The molecular formula is C22H25FN4O4S. The van der Waals surface area contributed by atoms with E-state index in [0.717, 1.165) is 0 Å². The SMILES string of the molecule is CCCS(=O)(=O)Nc1cccc(NC(=O)CCc2nc(-c3ccc(C)c(F)c3)no2)c1C. The van der Waals surface area contributed by atoms with Gasteiger partial charge in [0.25, 0.3) is 0 Å². The van der Waals surface area contributed by atoms with Crippen molar-refractivity contribution in [2.75, 3.05) is 15.8 Å². The summed E-state index contributed by atoms with van der Waals surface area (Å²) in [6, 6.07) is 9.67. The van der Waals surface area contributed by atoms with E-state index in [9.17, 15) is 17.6 Å². The smallest absolute Gasteiger partial charge is 0.232 e. The van der Waals surface area contributed by atoms with Gasteiger partial charge in [0.05, 0.1) is 11.4 Å². The van der Waals surface area contributed by atoms with Crippen LogP contribution in [0.2, 0.25) is 0 Å². The molecule has 32 heavy (non-hydrogen) atoms. The van der Waals surface area contributed by atoms with Gasteiger partial charge in [-0.25, -0.2) is 12.8 Å². The third-order valence-electron chi connectivity index (χ3n) is 4.81. The maximum atomic E-state index is 13.7. The maximum absolute atomic E-state index is 13.7. The number of nitrogens with one attached hydrogen (secondary N) is 2. The number of amides is 1. The number of hydrogen-bond acceptors (Lipinski definition) is 6. The number of sulfonamides is 1. The second-order valence-electron chi connectivity index (χ2n) is 7.42. The fraction of sp³-hybridized carbons (Fsp3) is 0.318. The van der Waals surface area contributed by atoms with Crippen molar-refractivity contribution in [3.05, 3.63) is 59.2 Å². The largest absolute Gasteiger partial charge is 0.339 e. The van der Waals surface area contributed by atoms with E-state index in [-0.39, 0.29) is 42.0 Å². The number of halogens is 1. The van der Waals surface area contributed by atoms with Gasteiger partial charge < -0.3 is 9.84 Å². The lowest BCUT2D eigenvalue weighted by molar-refractivity contribution is -0.116. The highest BCUT2D eigenvalue weighted by atomic mass is 32.2. The molecule has 8 nitrogen and oxygen atoms in total. The lowest BCUT2D eigenvalue weighted by atomic mass is 10.1. The van der Waals surface area contributed by atoms with E-state index < -0.39 is 10.0 Å². The summed E-state index contributed by atoms with van der Waals surface area (Å²) in [5.41, 5.74) is 2.55. The summed E-state index contributed by atoms with van der Waals surface area (Å²) in [5, 5.41) is 6.62. The minimum Gasteiger partial charge on any atom is -0.339 e. The number of benzene rings is 2. The lowest BCUT2D eigenvalue weighted by Crippen LogP contribution is -2.18. The van der Waals surface area contributed by atoms with Crippen LogP contribution in [0.1, 0.15) is 36.8 Å². The minimum absolute atomic E-state index is 0.0183. The van der Waals surface area contributed by atoms with Crippen LogP contribution in [0.5, 0.6) is 0 Å². The molecule has 0 atom stereocenters. The van der Waals surface area contributed by atoms with Gasteiger partial charge in [-0.05, 0) is 49.6 Å². The van der Waals surface area contributed by atoms with Gasteiger partial charge in [0.15, 0.2) is 0 Å². The van der Waals surface area contributed by atoms with E-state index in [1.165, 1.54) is 6.07 Å². The van der Waals surface area contributed by atoms with Crippen molar-refractivity contribution in [1.82, 2.24) is 10.1 Å². The van der Waals surface area contributed by atoms with E-state index in [1.54, 1.807) is 51.1 Å². The zero-order chi connectivity index (χ0) is 23.3. The molecule has 1 heterocycles. The summed E-state index contributed by atoms with van der Waals surface area (Å²) < 4.78 is 45.5. The molecular weight excluding hydrogens is 435 g/mol. The van der Waals surface area contributed by atoms with Crippen molar-refractivity contribution in [2.45, 2.75) is 40.0 Å². The molecule has 1 amide bonds. The highest BCUT2D eigenvalue weighted by Gasteiger charge is 2.15. The number of carbonyl (C=O) groups is 1. The molecule has 3 rings (SSSR count). The summed E-state index contributed by atoms with van der Waals surface area (Å²) >= 11 is 0. The lowest BCUT2D eigenvalue weighted by Gasteiger charge is -2.14. The second kappa shape index (κ2) is 9.90. The Morgan fingerprint density at radius 2 is 1.91 bits per heavy atom. The monoisotopic (exact) mass is 460 g/mol. The van der Waals surface area contributed by atoms with Crippen molar-refractivity contribution in [3.63, 3.8) is 0 Å². The number of rotatable bonds is 9. The molecule has 0 unspecified atom stereocenters. The predicted molar refractivity (Wildman–Crippen MR) is 120 cm³/mol. The summed E-state index contributed by atoms with van der Waals surface area (Å²) in [6.07, 6.45) is 0.783. The van der Waals surface area contributed by atoms with E-state index in [4.69, 9.17) is 4.52 Å². The van der Waals surface area contributed by atoms with Crippen molar-refractivity contribution in [2.24, 2.45) is 0 Å². The quantitative estimate of drug-likeness (QED) is 0.494. The molecule has 0 radical (unpaired) electrons. The van der Waals surface area contributed by atoms with Crippen LogP contribution in [-0.2, 0) is 21.2 Å². The van der Waals surface area contributed by atoms with Crippen LogP contribution >= 0.6 is 0 Å². The van der Waals surface area contributed by atoms with Crippen molar-refractivity contribution in [1.29, 1.82) is 0 Å². The molecule has 170 valence electrons. The zero-order valence-electron chi connectivity index (χ0n) is 18.1. The molecule has 0 spiro atoms. The van der Waals surface area contributed by atoms with E-state index in [0.29, 0.717) is 34.5 Å². The summed E-state index contributed by atoms with van der Waals surface area (Å²) in [4.78, 5) is 16.6. The highest BCUT2D eigenvalue weighted by molar-refractivity contribution is 7.92. The Bertz CT molecular complexity index is 1220. The van der Waals surface area contributed by atoms with Gasteiger partial charge in [0.2, 0.25) is 27.6 Å². The fourth-order valence-corrected chi connectivity index (χ4v) is 4.20. The summed E-state index contributed by atoms with van der Waals surface area (Å²) in [6.45, 7) is 5.18. The van der Waals surface area contributed by atoms with Gasteiger partial charge in [0, 0.05) is 24.1 Å². The summed E-state index contributed by atoms with van der Waals surface area (Å²) in [7, 11) is -3.44. The number of anilines is 2. The topological polar surface area (TPSA) is 114 Å². The van der Waals surface area contributed by atoms with E-state index in [1.807, 2.05) is 0 Å². The second-order valence-corrected chi connectivity index (χ2v) is 9.26. The average Bonchev–Trinajstić information content (AvgIpc) is 3.20. The first-order chi connectivity index (χ1) is 15.2. The third kappa shape index (κ3) is 5.91. The molecule has 2 N–H and O–H groups in total. The van der Waals surface area contributed by atoms with Gasteiger partial charge in [-0.3, -0.25) is 9.52 Å². The van der Waals surface area contributed by atoms with Crippen LogP contribution < -0.4 is 10.0 Å². The standard InChI is InChI=1S/C22H25FN4O4S/c1-4-12-32(29,30)27-19-7-5-6-18(15(19)3)24-20(28)10-11-21-25-22(26-31-21)16-9-8-14(2)17(23)13-16/h5-9,13,27H,4,10-12H2,1-3H3,(H,24,28). The first-order valence-corrected chi connectivity index (χ1v) is 11.8. The van der Waals surface area contributed by atoms with E-state index in [2.05, 4.69) is 20.2 Å². The van der Waals surface area contributed by atoms with Crippen LogP contribution in [0, 0.1) is 19.7 Å². The van der Waals surface area contributed by atoms with Gasteiger partial charge in [-0.1, -0.05) is 30.3 Å². The molecule has 0 saturated carbocycles. The van der Waals surface area contributed by atoms with Crippen molar-refractivity contribution < 1.29 is 22.1 Å². The first kappa shape index (κ1) is 23.4. The summed E-state index contributed by atoms with van der Waals surface area (Å²) in [5.74, 6) is -0.119. The van der Waals surface area contributed by atoms with Crippen LogP contribution in [0.15, 0.2) is 40.9 Å². The molecule has 1 aromatic heterocycles. The Balaban J connectivity index is 1.61. The molecule has 0 aliphatic carbocycles. The molecule has 0 aliphatic rings. The Labute approximate surface area is 186 Å². The van der Waals surface area contributed by atoms with Crippen molar-refractivity contribution >= 4 is 27.3 Å².